The van der Waals surface area contributed by atoms with Crippen LogP contribution in [0.2, 0.25) is 0 Å². The Balaban J connectivity index is 1.58. The maximum atomic E-state index is 12.8. The Morgan fingerprint density at radius 2 is 1.79 bits per heavy atom. The number of hydrogen-bond donors (Lipinski definition) is 0. The number of likely N-dealkylation sites (tertiary alicyclic amines) is 1. The number of ether oxygens (including phenoxy) is 1. The van der Waals surface area contributed by atoms with E-state index in [-0.39, 0.29) is 5.43 Å². The largest absolute Gasteiger partial charge is 0.493 e. The molecule has 124 valence electrons. The minimum atomic E-state index is -0.0259. The van der Waals surface area contributed by atoms with E-state index in [1.54, 1.807) is 6.07 Å². The highest BCUT2D eigenvalue weighted by Gasteiger charge is 2.13. The van der Waals surface area contributed by atoms with Gasteiger partial charge >= 0.3 is 0 Å². The number of fused-ring (bicyclic) bond motifs is 2. The highest BCUT2D eigenvalue weighted by Crippen LogP contribution is 2.26. The van der Waals surface area contributed by atoms with Crippen LogP contribution in [-0.2, 0) is 0 Å². The molecule has 4 heteroatoms. The van der Waals surface area contributed by atoms with E-state index in [4.69, 9.17) is 9.15 Å². The van der Waals surface area contributed by atoms with Gasteiger partial charge in [-0.2, -0.15) is 0 Å². The van der Waals surface area contributed by atoms with E-state index in [0.29, 0.717) is 34.3 Å². The van der Waals surface area contributed by atoms with Crippen molar-refractivity contribution in [2.24, 2.45) is 0 Å². The van der Waals surface area contributed by atoms with Crippen molar-refractivity contribution in [2.75, 3.05) is 26.2 Å². The quantitative estimate of drug-likeness (QED) is 0.529. The van der Waals surface area contributed by atoms with Gasteiger partial charge in [0.2, 0.25) is 5.43 Å². The molecule has 0 aliphatic carbocycles. The van der Waals surface area contributed by atoms with Crippen LogP contribution in [0.5, 0.6) is 5.75 Å². The summed E-state index contributed by atoms with van der Waals surface area (Å²) in [4.78, 5) is 15.3. The molecule has 1 fully saturated rings. The van der Waals surface area contributed by atoms with Crippen molar-refractivity contribution >= 4 is 21.9 Å². The molecule has 0 N–H and O–H groups in total. The molecular weight excluding hydrogens is 302 g/mol. The van der Waals surface area contributed by atoms with Crippen LogP contribution in [0.15, 0.2) is 51.7 Å². The van der Waals surface area contributed by atoms with Gasteiger partial charge in [-0.3, -0.25) is 4.79 Å². The van der Waals surface area contributed by atoms with E-state index < -0.39 is 0 Å². The third-order valence-electron chi connectivity index (χ3n) is 4.64. The Kier molecular flexibility index (Phi) is 4.22. The van der Waals surface area contributed by atoms with Crippen LogP contribution in [-0.4, -0.2) is 31.1 Å². The lowest BCUT2D eigenvalue weighted by Crippen LogP contribution is -2.22. The summed E-state index contributed by atoms with van der Waals surface area (Å²) < 4.78 is 11.8. The molecule has 0 atom stereocenters. The first kappa shape index (κ1) is 15.2. The van der Waals surface area contributed by atoms with Crippen molar-refractivity contribution in [3.8, 4) is 5.75 Å². The summed E-state index contributed by atoms with van der Waals surface area (Å²) in [5, 5.41) is 1.13. The molecule has 1 aromatic heterocycles. The van der Waals surface area contributed by atoms with Gasteiger partial charge in [0.05, 0.1) is 12.0 Å². The molecular formula is C20H21NO3. The van der Waals surface area contributed by atoms with Crippen LogP contribution in [0.1, 0.15) is 19.3 Å². The SMILES string of the molecule is O=c1c2ccccc2oc2cccc(OCCCN3CCCC3)c12. The molecule has 0 radical (unpaired) electrons. The summed E-state index contributed by atoms with van der Waals surface area (Å²) in [6, 6.07) is 12.9. The first-order valence-corrected chi connectivity index (χ1v) is 8.63. The first-order chi connectivity index (χ1) is 11.8. The fourth-order valence-electron chi connectivity index (χ4n) is 3.41. The first-order valence-electron chi connectivity index (χ1n) is 8.63. The van der Waals surface area contributed by atoms with Crippen LogP contribution in [0.3, 0.4) is 0 Å². The number of nitrogens with zero attached hydrogens (tertiary/aromatic N) is 1. The maximum absolute atomic E-state index is 12.8. The summed E-state index contributed by atoms with van der Waals surface area (Å²) in [7, 11) is 0. The molecule has 4 nitrogen and oxygen atoms in total. The molecule has 0 saturated carbocycles. The van der Waals surface area contributed by atoms with Crippen LogP contribution in [0.25, 0.3) is 21.9 Å². The summed E-state index contributed by atoms with van der Waals surface area (Å²) in [5.74, 6) is 0.619. The smallest absolute Gasteiger partial charge is 0.204 e. The van der Waals surface area contributed by atoms with Gasteiger partial charge in [0.25, 0.3) is 0 Å². The Hall–Kier alpha value is -2.33. The third-order valence-corrected chi connectivity index (χ3v) is 4.64. The van der Waals surface area contributed by atoms with Crippen LogP contribution in [0, 0.1) is 0 Å². The zero-order chi connectivity index (χ0) is 16.4. The van der Waals surface area contributed by atoms with E-state index in [1.807, 2.05) is 36.4 Å². The molecule has 1 aliphatic heterocycles. The molecule has 24 heavy (non-hydrogen) atoms. The molecule has 0 unspecified atom stereocenters. The summed E-state index contributed by atoms with van der Waals surface area (Å²) in [6.07, 6.45) is 3.58. The van der Waals surface area contributed by atoms with Crippen LogP contribution < -0.4 is 10.2 Å². The topological polar surface area (TPSA) is 42.7 Å². The molecule has 0 amide bonds. The Bertz CT molecular complexity index is 910. The second kappa shape index (κ2) is 6.65. The lowest BCUT2D eigenvalue weighted by molar-refractivity contribution is 0.265. The minimum absolute atomic E-state index is 0.0259. The van der Waals surface area contributed by atoms with Gasteiger partial charge in [-0.05, 0) is 56.6 Å². The van der Waals surface area contributed by atoms with Crippen molar-refractivity contribution in [1.29, 1.82) is 0 Å². The maximum Gasteiger partial charge on any atom is 0.204 e. The molecule has 0 spiro atoms. The minimum Gasteiger partial charge on any atom is -0.493 e. The molecule has 1 saturated heterocycles. The number of para-hydroxylation sites is 1. The monoisotopic (exact) mass is 323 g/mol. The van der Waals surface area contributed by atoms with Gasteiger partial charge in [0, 0.05) is 6.54 Å². The van der Waals surface area contributed by atoms with Crippen molar-refractivity contribution in [1.82, 2.24) is 4.90 Å². The van der Waals surface area contributed by atoms with Crippen LogP contribution >= 0.6 is 0 Å². The average Bonchev–Trinajstić information content (AvgIpc) is 3.12. The Morgan fingerprint density at radius 1 is 1.00 bits per heavy atom. The van der Waals surface area contributed by atoms with Gasteiger partial charge in [0.1, 0.15) is 22.3 Å². The highest BCUT2D eigenvalue weighted by atomic mass is 16.5. The highest BCUT2D eigenvalue weighted by molar-refractivity contribution is 5.93. The second-order valence-electron chi connectivity index (χ2n) is 6.31. The van der Waals surface area contributed by atoms with Crippen LogP contribution in [0.4, 0.5) is 0 Å². The fourth-order valence-corrected chi connectivity index (χ4v) is 3.41. The van der Waals surface area contributed by atoms with E-state index in [0.717, 1.165) is 13.0 Å². The summed E-state index contributed by atoms with van der Waals surface area (Å²) in [6.45, 7) is 4.07. The van der Waals surface area contributed by atoms with E-state index in [9.17, 15) is 4.79 Å². The lowest BCUT2D eigenvalue weighted by atomic mass is 10.1. The summed E-state index contributed by atoms with van der Waals surface area (Å²) >= 11 is 0. The molecule has 3 aromatic rings. The van der Waals surface area contributed by atoms with Gasteiger partial charge in [-0.15, -0.1) is 0 Å². The normalized spacial score (nSPS) is 15.3. The lowest BCUT2D eigenvalue weighted by Gasteiger charge is -2.15. The Morgan fingerprint density at radius 3 is 2.67 bits per heavy atom. The van der Waals surface area contributed by atoms with Gasteiger partial charge in [0.15, 0.2) is 0 Å². The molecule has 0 bridgehead atoms. The number of hydrogen-bond acceptors (Lipinski definition) is 4. The molecule has 2 heterocycles. The van der Waals surface area contributed by atoms with Crippen molar-refractivity contribution < 1.29 is 9.15 Å². The van der Waals surface area contributed by atoms with Gasteiger partial charge < -0.3 is 14.1 Å². The average molecular weight is 323 g/mol. The summed E-state index contributed by atoms with van der Waals surface area (Å²) in [5.41, 5.74) is 1.17. The third kappa shape index (κ3) is 2.89. The van der Waals surface area contributed by atoms with Gasteiger partial charge in [-0.1, -0.05) is 18.2 Å². The zero-order valence-electron chi connectivity index (χ0n) is 13.7. The predicted molar refractivity (Wildman–Crippen MR) is 95.8 cm³/mol. The van der Waals surface area contributed by atoms with Gasteiger partial charge in [-0.25, -0.2) is 0 Å². The second-order valence-corrected chi connectivity index (χ2v) is 6.31. The van der Waals surface area contributed by atoms with E-state index in [2.05, 4.69) is 4.90 Å². The van der Waals surface area contributed by atoms with Crippen molar-refractivity contribution in [3.05, 3.63) is 52.7 Å². The molecule has 4 rings (SSSR count). The standard InChI is InChI=1S/C20H21NO3/c22-20-15-7-1-2-8-16(15)24-18-10-5-9-17(19(18)20)23-14-6-13-21-11-3-4-12-21/h1-2,5,7-10H,3-4,6,11-14H2. The van der Waals surface area contributed by atoms with E-state index in [1.165, 1.54) is 25.9 Å². The number of rotatable bonds is 5. The van der Waals surface area contributed by atoms with Crippen molar-refractivity contribution in [2.45, 2.75) is 19.3 Å². The Labute approximate surface area is 140 Å². The zero-order valence-corrected chi connectivity index (χ0v) is 13.7. The molecule has 2 aromatic carbocycles. The predicted octanol–water partition coefficient (Wildman–Crippen LogP) is 3.81. The fraction of sp³-hybridized carbons (Fsp3) is 0.350. The molecule has 1 aliphatic rings. The van der Waals surface area contributed by atoms with Crippen molar-refractivity contribution in [3.63, 3.8) is 0 Å². The number of benzene rings is 2. The van der Waals surface area contributed by atoms with E-state index >= 15 is 0 Å².